The maximum Gasteiger partial charge on any atom is 0.278 e. The number of ether oxygens (including phenoxy) is 1. The maximum atomic E-state index is 13.2. The van der Waals surface area contributed by atoms with Crippen molar-refractivity contribution in [3.63, 3.8) is 0 Å². The van der Waals surface area contributed by atoms with Crippen LogP contribution in [0.5, 0.6) is 5.75 Å². The summed E-state index contributed by atoms with van der Waals surface area (Å²) in [5.74, 6) is 0.209. The van der Waals surface area contributed by atoms with Gasteiger partial charge >= 0.3 is 0 Å². The molecule has 0 aliphatic carbocycles. The minimum absolute atomic E-state index is 0.176. The first-order chi connectivity index (χ1) is 13.2. The van der Waals surface area contributed by atoms with Crippen LogP contribution in [0.3, 0.4) is 0 Å². The van der Waals surface area contributed by atoms with E-state index >= 15 is 0 Å². The van der Waals surface area contributed by atoms with E-state index in [1.165, 1.54) is 4.90 Å². The fourth-order valence-electron chi connectivity index (χ4n) is 3.61. The second-order valence-corrected chi connectivity index (χ2v) is 6.66. The summed E-state index contributed by atoms with van der Waals surface area (Å²) in [6, 6.07) is 12.8. The van der Waals surface area contributed by atoms with E-state index in [1.54, 1.807) is 13.3 Å². The third-order valence-corrected chi connectivity index (χ3v) is 4.99. The van der Waals surface area contributed by atoms with Crippen LogP contribution in [-0.4, -0.2) is 46.8 Å². The third kappa shape index (κ3) is 3.18. The zero-order chi connectivity index (χ0) is 18.8. The van der Waals surface area contributed by atoms with Gasteiger partial charge in [0.2, 0.25) is 0 Å². The predicted octanol–water partition coefficient (Wildman–Crippen LogP) is 2.47. The molecule has 0 unspecified atom stereocenters. The van der Waals surface area contributed by atoms with Gasteiger partial charge in [0.25, 0.3) is 11.8 Å². The van der Waals surface area contributed by atoms with E-state index < -0.39 is 0 Å². The largest absolute Gasteiger partial charge is 0.497 e. The molecule has 0 spiro atoms. The predicted molar refractivity (Wildman–Crippen MR) is 101 cm³/mol. The second kappa shape index (κ2) is 7.23. The number of likely N-dealkylation sites (tertiary alicyclic amines) is 1. The van der Waals surface area contributed by atoms with Crippen molar-refractivity contribution in [2.45, 2.75) is 19.4 Å². The number of imide groups is 1. The highest BCUT2D eigenvalue weighted by atomic mass is 16.5. The van der Waals surface area contributed by atoms with Gasteiger partial charge in [-0.15, -0.1) is 0 Å². The van der Waals surface area contributed by atoms with Gasteiger partial charge in [-0.25, -0.2) is 0 Å². The van der Waals surface area contributed by atoms with Gasteiger partial charge in [-0.2, -0.15) is 0 Å². The second-order valence-electron chi connectivity index (χ2n) is 6.66. The summed E-state index contributed by atoms with van der Waals surface area (Å²) in [5.41, 5.74) is 2.41. The lowest BCUT2D eigenvalue weighted by atomic mass is 10.0. The van der Waals surface area contributed by atoms with E-state index in [9.17, 15) is 9.59 Å². The van der Waals surface area contributed by atoms with Crippen molar-refractivity contribution >= 4 is 17.4 Å². The summed E-state index contributed by atoms with van der Waals surface area (Å²) in [5, 5.41) is 0. The molecule has 2 aromatic rings. The molecule has 138 valence electrons. The molecule has 6 heteroatoms. The zero-order valence-electron chi connectivity index (χ0n) is 15.2. The van der Waals surface area contributed by atoms with Crippen molar-refractivity contribution in [1.29, 1.82) is 0 Å². The quantitative estimate of drug-likeness (QED) is 0.764. The van der Waals surface area contributed by atoms with E-state index in [4.69, 9.17) is 4.74 Å². The van der Waals surface area contributed by atoms with E-state index in [-0.39, 0.29) is 18.4 Å². The van der Waals surface area contributed by atoms with Gasteiger partial charge in [-0.1, -0.05) is 18.2 Å². The molecular weight excluding hydrogens is 342 g/mol. The standard InChI is InChI=1S/C21H21N3O3/c1-27-17-9-7-15(8-10-17)18-19(23-12-4-5-13-23)21(26)24(20(18)25)14-16-6-2-3-11-22-16/h2-3,6-11H,4-5,12-14H2,1H3. The number of pyridine rings is 1. The van der Waals surface area contributed by atoms with Crippen molar-refractivity contribution in [3.8, 4) is 5.75 Å². The average molecular weight is 363 g/mol. The smallest absolute Gasteiger partial charge is 0.278 e. The van der Waals surface area contributed by atoms with E-state index in [0.717, 1.165) is 31.5 Å². The summed E-state index contributed by atoms with van der Waals surface area (Å²) in [4.78, 5) is 34.0. The molecular formula is C21H21N3O3. The third-order valence-electron chi connectivity index (χ3n) is 4.99. The Labute approximate surface area is 158 Å². The van der Waals surface area contributed by atoms with E-state index in [1.807, 2.05) is 47.4 Å². The van der Waals surface area contributed by atoms with E-state index in [2.05, 4.69) is 4.98 Å². The molecule has 0 N–H and O–H groups in total. The van der Waals surface area contributed by atoms with Crippen LogP contribution in [0.4, 0.5) is 0 Å². The van der Waals surface area contributed by atoms with Crippen LogP contribution >= 0.6 is 0 Å². The summed E-state index contributed by atoms with van der Waals surface area (Å²) in [6.07, 6.45) is 3.72. The van der Waals surface area contributed by atoms with Gasteiger partial charge in [0.15, 0.2) is 0 Å². The molecule has 3 heterocycles. The highest BCUT2D eigenvalue weighted by Crippen LogP contribution is 2.34. The summed E-state index contributed by atoms with van der Waals surface area (Å²) in [7, 11) is 1.60. The maximum absolute atomic E-state index is 13.2. The number of nitrogens with zero attached hydrogens (tertiary/aromatic N) is 3. The van der Waals surface area contributed by atoms with Gasteiger partial charge in [-0.3, -0.25) is 19.5 Å². The molecule has 2 amide bonds. The molecule has 0 saturated carbocycles. The molecule has 1 aromatic carbocycles. The molecule has 0 bridgehead atoms. The number of hydrogen-bond donors (Lipinski definition) is 0. The summed E-state index contributed by atoms with van der Waals surface area (Å²) in [6.45, 7) is 1.77. The number of carbonyl (C=O) groups is 2. The van der Waals surface area contributed by atoms with Gasteiger partial charge in [-0.05, 0) is 42.7 Å². The Morgan fingerprint density at radius 2 is 1.74 bits per heavy atom. The normalized spacial score (nSPS) is 17.2. The Bertz CT molecular complexity index is 885. The lowest BCUT2D eigenvalue weighted by Gasteiger charge is -2.20. The molecule has 2 aliphatic heterocycles. The van der Waals surface area contributed by atoms with Gasteiger partial charge in [0.05, 0.1) is 24.9 Å². The van der Waals surface area contributed by atoms with Crippen LogP contribution < -0.4 is 4.74 Å². The van der Waals surface area contributed by atoms with E-state index in [0.29, 0.717) is 22.7 Å². The highest BCUT2D eigenvalue weighted by Gasteiger charge is 2.42. The molecule has 1 fully saturated rings. The Hall–Kier alpha value is -3.15. The highest BCUT2D eigenvalue weighted by molar-refractivity contribution is 6.35. The number of hydrogen-bond acceptors (Lipinski definition) is 5. The molecule has 1 saturated heterocycles. The summed E-state index contributed by atoms with van der Waals surface area (Å²) >= 11 is 0. The number of methoxy groups -OCH3 is 1. The minimum Gasteiger partial charge on any atom is -0.497 e. The van der Waals surface area contributed by atoms with Crippen molar-refractivity contribution < 1.29 is 14.3 Å². The van der Waals surface area contributed by atoms with Crippen molar-refractivity contribution in [1.82, 2.24) is 14.8 Å². The number of benzene rings is 1. The minimum atomic E-state index is -0.266. The fraction of sp³-hybridized carbons (Fsp3) is 0.286. The Kier molecular flexibility index (Phi) is 4.62. The molecule has 2 aliphatic rings. The van der Waals surface area contributed by atoms with Crippen LogP contribution in [0, 0.1) is 0 Å². The number of rotatable bonds is 5. The number of aromatic nitrogens is 1. The van der Waals surface area contributed by atoms with Crippen LogP contribution in [0.1, 0.15) is 24.1 Å². The summed E-state index contributed by atoms with van der Waals surface area (Å²) < 4.78 is 5.21. The number of carbonyl (C=O) groups excluding carboxylic acids is 2. The molecule has 0 atom stereocenters. The lowest BCUT2D eigenvalue weighted by molar-refractivity contribution is -0.138. The average Bonchev–Trinajstić information content (AvgIpc) is 3.31. The Morgan fingerprint density at radius 3 is 2.37 bits per heavy atom. The topological polar surface area (TPSA) is 62.7 Å². The Balaban J connectivity index is 1.73. The van der Waals surface area contributed by atoms with Crippen LogP contribution in [0.25, 0.3) is 5.57 Å². The van der Waals surface area contributed by atoms with Crippen molar-refractivity contribution in [3.05, 3.63) is 65.6 Å². The first-order valence-corrected chi connectivity index (χ1v) is 9.09. The van der Waals surface area contributed by atoms with Gasteiger partial charge in [0, 0.05) is 19.3 Å². The Morgan fingerprint density at radius 1 is 1.00 bits per heavy atom. The molecule has 0 radical (unpaired) electrons. The van der Waals surface area contributed by atoms with Crippen LogP contribution in [-0.2, 0) is 16.1 Å². The van der Waals surface area contributed by atoms with Crippen molar-refractivity contribution in [2.75, 3.05) is 20.2 Å². The molecule has 4 rings (SSSR count). The lowest BCUT2D eigenvalue weighted by Crippen LogP contribution is -2.34. The fourth-order valence-corrected chi connectivity index (χ4v) is 3.61. The first kappa shape index (κ1) is 17.3. The van der Waals surface area contributed by atoms with Crippen LogP contribution in [0.15, 0.2) is 54.4 Å². The SMILES string of the molecule is COc1ccc(C2=C(N3CCCC3)C(=O)N(Cc3ccccn3)C2=O)cc1. The first-order valence-electron chi connectivity index (χ1n) is 9.09. The van der Waals surface area contributed by atoms with Gasteiger partial charge in [0.1, 0.15) is 11.4 Å². The zero-order valence-corrected chi connectivity index (χ0v) is 15.2. The molecule has 27 heavy (non-hydrogen) atoms. The molecule has 1 aromatic heterocycles. The van der Waals surface area contributed by atoms with Gasteiger partial charge < -0.3 is 9.64 Å². The van der Waals surface area contributed by atoms with Crippen LogP contribution in [0.2, 0.25) is 0 Å². The molecule has 6 nitrogen and oxygen atoms in total. The van der Waals surface area contributed by atoms with Crippen molar-refractivity contribution in [2.24, 2.45) is 0 Å². The number of amides is 2. The monoisotopic (exact) mass is 363 g/mol.